The van der Waals surface area contributed by atoms with E-state index in [9.17, 15) is 9.59 Å². The third-order valence-electron chi connectivity index (χ3n) is 3.73. The van der Waals surface area contributed by atoms with Crippen LogP contribution >= 0.6 is 0 Å². The van der Waals surface area contributed by atoms with Crippen LogP contribution in [0.4, 0.5) is 5.69 Å². The third-order valence-corrected chi connectivity index (χ3v) is 3.73. The molecule has 0 saturated heterocycles. The Morgan fingerprint density at radius 1 is 0.833 bits per heavy atom. The molecule has 126 valence electrons. The molecule has 0 radical (unpaired) electrons. The van der Waals surface area contributed by atoms with Crippen molar-refractivity contribution in [3.05, 3.63) is 65.7 Å². The Morgan fingerprint density at radius 2 is 1.58 bits per heavy atom. The standard InChI is InChI=1S/C20H24N2O2/c1-2-3-4-8-14-21-19(23)17-12-9-13-18(15-17)22-20(24)16-10-6-5-7-11-16/h5-7,9-13,15H,2-4,8,14H2,1H3,(H,21,23)(H,22,24). The van der Waals surface area contributed by atoms with E-state index >= 15 is 0 Å². The molecule has 0 aromatic heterocycles. The van der Waals surface area contributed by atoms with E-state index in [1.807, 2.05) is 18.2 Å². The van der Waals surface area contributed by atoms with E-state index in [0.29, 0.717) is 23.4 Å². The van der Waals surface area contributed by atoms with E-state index < -0.39 is 0 Å². The van der Waals surface area contributed by atoms with Crippen molar-refractivity contribution in [3.63, 3.8) is 0 Å². The lowest BCUT2D eigenvalue weighted by Gasteiger charge is -2.08. The fraction of sp³-hybridized carbons (Fsp3) is 0.300. The number of carbonyl (C=O) groups is 2. The molecule has 0 aliphatic heterocycles. The van der Waals surface area contributed by atoms with Crippen molar-refractivity contribution < 1.29 is 9.59 Å². The van der Waals surface area contributed by atoms with Crippen LogP contribution in [-0.2, 0) is 0 Å². The highest BCUT2D eigenvalue weighted by Gasteiger charge is 2.08. The van der Waals surface area contributed by atoms with Crippen LogP contribution in [0.1, 0.15) is 53.3 Å². The molecular formula is C20H24N2O2. The predicted octanol–water partition coefficient (Wildman–Crippen LogP) is 4.25. The summed E-state index contributed by atoms with van der Waals surface area (Å²) in [6.07, 6.45) is 4.49. The van der Waals surface area contributed by atoms with Crippen molar-refractivity contribution in [1.82, 2.24) is 5.32 Å². The van der Waals surface area contributed by atoms with Gasteiger partial charge in [0, 0.05) is 23.4 Å². The van der Waals surface area contributed by atoms with E-state index in [1.165, 1.54) is 12.8 Å². The zero-order chi connectivity index (χ0) is 17.2. The molecule has 4 heteroatoms. The van der Waals surface area contributed by atoms with Crippen LogP contribution in [0.25, 0.3) is 0 Å². The largest absolute Gasteiger partial charge is 0.352 e. The Hall–Kier alpha value is -2.62. The SMILES string of the molecule is CCCCCCNC(=O)c1cccc(NC(=O)c2ccccc2)c1. The highest BCUT2D eigenvalue weighted by molar-refractivity contribution is 6.05. The van der Waals surface area contributed by atoms with Gasteiger partial charge in [-0.25, -0.2) is 0 Å². The summed E-state index contributed by atoms with van der Waals surface area (Å²) in [4.78, 5) is 24.3. The van der Waals surface area contributed by atoms with Gasteiger partial charge < -0.3 is 10.6 Å². The van der Waals surface area contributed by atoms with Gasteiger partial charge in [0.15, 0.2) is 0 Å². The number of anilines is 1. The summed E-state index contributed by atoms with van der Waals surface area (Å²) in [5.41, 5.74) is 1.75. The summed E-state index contributed by atoms with van der Waals surface area (Å²) in [5, 5.41) is 5.74. The summed E-state index contributed by atoms with van der Waals surface area (Å²) in [7, 11) is 0. The first kappa shape index (κ1) is 17.7. The summed E-state index contributed by atoms with van der Waals surface area (Å²) in [6, 6.07) is 16.0. The number of unbranched alkanes of at least 4 members (excludes halogenated alkanes) is 3. The maximum atomic E-state index is 12.2. The third kappa shape index (κ3) is 5.54. The summed E-state index contributed by atoms with van der Waals surface area (Å²) in [6.45, 7) is 2.84. The molecule has 0 aliphatic carbocycles. The van der Waals surface area contributed by atoms with Crippen molar-refractivity contribution >= 4 is 17.5 Å². The minimum Gasteiger partial charge on any atom is -0.352 e. The first-order valence-corrected chi connectivity index (χ1v) is 8.45. The molecule has 0 saturated carbocycles. The van der Waals surface area contributed by atoms with E-state index in [1.54, 1.807) is 36.4 Å². The first-order valence-electron chi connectivity index (χ1n) is 8.45. The van der Waals surface area contributed by atoms with Crippen LogP contribution in [0.2, 0.25) is 0 Å². The van der Waals surface area contributed by atoms with Crippen molar-refractivity contribution in [2.75, 3.05) is 11.9 Å². The molecule has 0 spiro atoms. The molecule has 24 heavy (non-hydrogen) atoms. The van der Waals surface area contributed by atoms with E-state index in [2.05, 4.69) is 17.6 Å². The van der Waals surface area contributed by atoms with Gasteiger partial charge in [0.05, 0.1) is 0 Å². The number of rotatable bonds is 8. The van der Waals surface area contributed by atoms with Crippen molar-refractivity contribution in [2.24, 2.45) is 0 Å². The maximum Gasteiger partial charge on any atom is 0.255 e. The Kier molecular flexibility index (Phi) is 7.02. The molecule has 2 rings (SSSR count). The molecule has 0 fully saturated rings. The van der Waals surface area contributed by atoms with Crippen LogP contribution in [0.15, 0.2) is 54.6 Å². The van der Waals surface area contributed by atoms with Gasteiger partial charge in [-0.3, -0.25) is 9.59 Å². The Bertz CT molecular complexity index is 668. The number of benzene rings is 2. The molecule has 0 unspecified atom stereocenters. The van der Waals surface area contributed by atoms with Crippen molar-refractivity contribution in [1.29, 1.82) is 0 Å². The number of nitrogens with one attached hydrogen (secondary N) is 2. The van der Waals surface area contributed by atoms with Crippen molar-refractivity contribution in [2.45, 2.75) is 32.6 Å². The predicted molar refractivity (Wildman–Crippen MR) is 97.3 cm³/mol. The molecule has 0 bridgehead atoms. The lowest BCUT2D eigenvalue weighted by molar-refractivity contribution is 0.0951. The molecule has 2 aromatic carbocycles. The van der Waals surface area contributed by atoms with Crippen LogP contribution in [-0.4, -0.2) is 18.4 Å². The zero-order valence-electron chi connectivity index (χ0n) is 14.0. The van der Waals surface area contributed by atoms with Gasteiger partial charge in [0.25, 0.3) is 11.8 Å². The Morgan fingerprint density at radius 3 is 2.33 bits per heavy atom. The summed E-state index contributed by atoms with van der Waals surface area (Å²) >= 11 is 0. The monoisotopic (exact) mass is 324 g/mol. The molecule has 2 amide bonds. The lowest BCUT2D eigenvalue weighted by atomic mass is 10.1. The van der Waals surface area contributed by atoms with Crippen LogP contribution in [0.5, 0.6) is 0 Å². The van der Waals surface area contributed by atoms with Gasteiger partial charge in [-0.15, -0.1) is 0 Å². The minimum absolute atomic E-state index is 0.109. The topological polar surface area (TPSA) is 58.2 Å². The second kappa shape index (κ2) is 9.50. The second-order valence-electron chi connectivity index (χ2n) is 5.72. The van der Waals surface area contributed by atoms with Gasteiger partial charge in [0.1, 0.15) is 0 Å². The zero-order valence-corrected chi connectivity index (χ0v) is 14.0. The Balaban J connectivity index is 1.91. The van der Waals surface area contributed by atoms with Crippen LogP contribution < -0.4 is 10.6 Å². The summed E-state index contributed by atoms with van der Waals surface area (Å²) in [5.74, 6) is -0.296. The van der Waals surface area contributed by atoms with Gasteiger partial charge in [-0.1, -0.05) is 50.5 Å². The Labute approximate surface area is 143 Å². The smallest absolute Gasteiger partial charge is 0.255 e. The molecule has 0 atom stereocenters. The van der Waals surface area contributed by atoms with E-state index in [-0.39, 0.29) is 11.8 Å². The average Bonchev–Trinajstić information content (AvgIpc) is 2.62. The quantitative estimate of drug-likeness (QED) is 0.713. The second-order valence-corrected chi connectivity index (χ2v) is 5.72. The highest BCUT2D eigenvalue weighted by atomic mass is 16.2. The normalized spacial score (nSPS) is 10.2. The fourth-order valence-corrected chi connectivity index (χ4v) is 2.39. The highest BCUT2D eigenvalue weighted by Crippen LogP contribution is 2.12. The number of amides is 2. The first-order chi connectivity index (χ1) is 11.7. The number of hydrogen-bond donors (Lipinski definition) is 2. The fourth-order valence-electron chi connectivity index (χ4n) is 2.39. The number of hydrogen-bond acceptors (Lipinski definition) is 2. The average molecular weight is 324 g/mol. The lowest BCUT2D eigenvalue weighted by Crippen LogP contribution is -2.24. The molecule has 0 heterocycles. The van der Waals surface area contributed by atoms with E-state index in [0.717, 1.165) is 12.8 Å². The van der Waals surface area contributed by atoms with E-state index in [4.69, 9.17) is 0 Å². The van der Waals surface area contributed by atoms with Gasteiger partial charge in [-0.2, -0.15) is 0 Å². The van der Waals surface area contributed by atoms with Gasteiger partial charge in [-0.05, 0) is 36.8 Å². The van der Waals surface area contributed by atoms with Crippen LogP contribution in [0.3, 0.4) is 0 Å². The minimum atomic E-state index is -0.187. The number of carbonyl (C=O) groups excluding carboxylic acids is 2. The molecule has 4 nitrogen and oxygen atoms in total. The molecule has 0 aliphatic rings. The molecule has 2 aromatic rings. The molecular weight excluding hydrogens is 300 g/mol. The maximum absolute atomic E-state index is 12.2. The summed E-state index contributed by atoms with van der Waals surface area (Å²) < 4.78 is 0. The van der Waals surface area contributed by atoms with Gasteiger partial charge in [0.2, 0.25) is 0 Å². The van der Waals surface area contributed by atoms with Crippen LogP contribution in [0, 0.1) is 0 Å². The molecule has 2 N–H and O–H groups in total. The van der Waals surface area contributed by atoms with Crippen molar-refractivity contribution in [3.8, 4) is 0 Å². The van der Waals surface area contributed by atoms with Gasteiger partial charge >= 0.3 is 0 Å².